The van der Waals surface area contributed by atoms with Crippen LogP contribution >= 0.6 is 11.3 Å². The first kappa shape index (κ1) is 11.1. The SMILES string of the molecule is CCC1OCCC1C(O)c1csc(C)c1. The van der Waals surface area contributed by atoms with E-state index in [1.54, 1.807) is 11.3 Å². The summed E-state index contributed by atoms with van der Waals surface area (Å²) in [5.41, 5.74) is 1.06. The van der Waals surface area contributed by atoms with E-state index in [0.717, 1.165) is 25.0 Å². The van der Waals surface area contributed by atoms with Crippen molar-refractivity contribution in [3.63, 3.8) is 0 Å². The van der Waals surface area contributed by atoms with Crippen LogP contribution in [0.2, 0.25) is 0 Å². The van der Waals surface area contributed by atoms with Gasteiger partial charge in [-0.1, -0.05) is 6.92 Å². The molecule has 2 heterocycles. The summed E-state index contributed by atoms with van der Waals surface area (Å²) in [6, 6.07) is 2.08. The smallest absolute Gasteiger partial charge is 0.0851 e. The van der Waals surface area contributed by atoms with Gasteiger partial charge in [0.1, 0.15) is 0 Å². The summed E-state index contributed by atoms with van der Waals surface area (Å²) in [7, 11) is 0. The molecule has 0 aliphatic carbocycles. The number of aliphatic hydroxyl groups excluding tert-OH is 1. The summed E-state index contributed by atoms with van der Waals surface area (Å²) >= 11 is 1.70. The van der Waals surface area contributed by atoms with Gasteiger partial charge in [-0.15, -0.1) is 11.3 Å². The maximum absolute atomic E-state index is 10.3. The zero-order valence-electron chi connectivity index (χ0n) is 9.27. The molecule has 3 unspecified atom stereocenters. The average Bonchev–Trinajstić information content (AvgIpc) is 2.84. The van der Waals surface area contributed by atoms with E-state index in [-0.39, 0.29) is 18.1 Å². The van der Waals surface area contributed by atoms with E-state index in [9.17, 15) is 5.11 Å². The molecule has 3 atom stereocenters. The molecule has 0 saturated carbocycles. The van der Waals surface area contributed by atoms with Gasteiger partial charge in [-0.2, -0.15) is 0 Å². The van der Waals surface area contributed by atoms with E-state index >= 15 is 0 Å². The Hall–Kier alpha value is -0.380. The van der Waals surface area contributed by atoms with E-state index in [4.69, 9.17) is 4.74 Å². The highest BCUT2D eigenvalue weighted by atomic mass is 32.1. The maximum atomic E-state index is 10.3. The van der Waals surface area contributed by atoms with Gasteiger partial charge in [0.2, 0.25) is 0 Å². The first-order chi connectivity index (χ1) is 7.22. The molecule has 0 amide bonds. The summed E-state index contributed by atoms with van der Waals surface area (Å²) in [6.45, 7) is 4.99. The molecule has 84 valence electrons. The molecule has 15 heavy (non-hydrogen) atoms. The Balaban J connectivity index is 2.10. The van der Waals surface area contributed by atoms with E-state index < -0.39 is 0 Å². The van der Waals surface area contributed by atoms with Crippen LogP contribution in [0.25, 0.3) is 0 Å². The van der Waals surface area contributed by atoms with Crippen LogP contribution in [-0.4, -0.2) is 17.8 Å². The fourth-order valence-electron chi connectivity index (χ4n) is 2.31. The Kier molecular flexibility index (Phi) is 3.44. The molecule has 1 saturated heterocycles. The van der Waals surface area contributed by atoms with Gasteiger partial charge in [0, 0.05) is 17.4 Å². The molecule has 0 aromatic carbocycles. The molecule has 1 aromatic heterocycles. The van der Waals surface area contributed by atoms with Crippen LogP contribution in [0.15, 0.2) is 11.4 Å². The van der Waals surface area contributed by atoms with Gasteiger partial charge in [-0.3, -0.25) is 0 Å². The van der Waals surface area contributed by atoms with Crippen molar-refractivity contribution in [2.45, 2.75) is 38.9 Å². The Morgan fingerprint density at radius 2 is 2.47 bits per heavy atom. The van der Waals surface area contributed by atoms with Gasteiger partial charge in [0.05, 0.1) is 12.2 Å². The highest BCUT2D eigenvalue weighted by Gasteiger charge is 2.33. The lowest BCUT2D eigenvalue weighted by Gasteiger charge is -2.21. The van der Waals surface area contributed by atoms with E-state index in [0.29, 0.717) is 0 Å². The second-order valence-electron chi connectivity index (χ2n) is 4.21. The normalized spacial score (nSPS) is 28.2. The molecule has 1 aliphatic rings. The molecule has 1 aromatic rings. The molecule has 1 N–H and O–H groups in total. The van der Waals surface area contributed by atoms with Crippen molar-refractivity contribution < 1.29 is 9.84 Å². The molecule has 2 rings (SSSR count). The largest absolute Gasteiger partial charge is 0.388 e. The Morgan fingerprint density at radius 3 is 3.07 bits per heavy atom. The van der Waals surface area contributed by atoms with Crippen LogP contribution in [-0.2, 0) is 4.74 Å². The molecule has 1 fully saturated rings. The van der Waals surface area contributed by atoms with Crippen molar-refractivity contribution in [3.8, 4) is 0 Å². The quantitative estimate of drug-likeness (QED) is 0.858. The molecule has 1 aliphatic heterocycles. The summed E-state index contributed by atoms with van der Waals surface area (Å²) in [5.74, 6) is 0.281. The number of rotatable bonds is 3. The molecule has 0 radical (unpaired) electrons. The number of hydrogen-bond donors (Lipinski definition) is 1. The van der Waals surface area contributed by atoms with E-state index in [1.807, 2.05) is 0 Å². The zero-order valence-corrected chi connectivity index (χ0v) is 10.1. The van der Waals surface area contributed by atoms with Crippen LogP contribution in [0, 0.1) is 12.8 Å². The summed E-state index contributed by atoms with van der Waals surface area (Å²) in [6.07, 6.45) is 1.86. The molecule has 2 nitrogen and oxygen atoms in total. The van der Waals surface area contributed by atoms with Gasteiger partial charge in [-0.05, 0) is 36.8 Å². The van der Waals surface area contributed by atoms with Gasteiger partial charge < -0.3 is 9.84 Å². The highest BCUT2D eigenvalue weighted by Crippen LogP contribution is 2.36. The molecular weight excluding hydrogens is 208 g/mol. The van der Waals surface area contributed by atoms with Crippen molar-refractivity contribution in [1.82, 2.24) is 0 Å². The zero-order chi connectivity index (χ0) is 10.8. The number of aliphatic hydroxyl groups is 1. The van der Waals surface area contributed by atoms with Crippen molar-refractivity contribution in [2.75, 3.05) is 6.61 Å². The fourth-order valence-corrected chi connectivity index (χ4v) is 3.05. The standard InChI is InChI=1S/C12H18O2S/c1-3-11-10(4-5-14-11)12(13)9-6-8(2)15-7-9/h6-7,10-13H,3-5H2,1-2H3. The lowest BCUT2D eigenvalue weighted by atomic mass is 9.90. The summed E-state index contributed by atoms with van der Waals surface area (Å²) in [4.78, 5) is 1.26. The van der Waals surface area contributed by atoms with Crippen LogP contribution in [0.5, 0.6) is 0 Å². The van der Waals surface area contributed by atoms with Crippen molar-refractivity contribution in [3.05, 3.63) is 21.9 Å². The third-order valence-corrected chi connectivity index (χ3v) is 4.04. The number of aryl methyl sites for hydroxylation is 1. The molecular formula is C12H18O2S. The summed E-state index contributed by atoms with van der Waals surface area (Å²) < 4.78 is 5.61. The first-order valence-electron chi connectivity index (χ1n) is 5.57. The minimum atomic E-state index is -0.345. The average molecular weight is 226 g/mol. The highest BCUT2D eigenvalue weighted by molar-refractivity contribution is 7.10. The minimum Gasteiger partial charge on any atom is -0.388 e. The molecule has 3 heteroatoms. The van der Waals surface area contributed by atoms with Gasteiger partial charge in [0.25, 0.3) is 0 Å². The van der Waals surface area contributed by atoms with Gasteiger partial charge in [-0.25, -0.2) is 0 Å². The number of thiophene rings is 1. The second kappa shape index (κ2) is 4.64. The Labute approximate surface area is 94.9 Å². The summed E-state index contributed by atoms with van der Waals surface area (Å²) in [5, 5.41) is 12.3. The van der Waals surface area contributed by atoms with Crippen LogP contribution in [0.1, 0.15) is 36.3 Å². The lowest BCUT2D eigenvalue weighted by molar-refractivity contribution is 0.0309. The molecule has 0 spiro atoms. The predicted molar refractivity (Wildman–Crippen MR) is 62.2 cm³/mol. The van der Waals surface area contributed by atoms with E-state index in [2.05, 4.69) is 25.3 Å². The Bertz CT molecular complexity index is 321. The fraction of sp³-hybridized carbons (Fsp3) is 0.667. The monoisotopic (exact) mass is 226 g/mol. The third-order valence-electron chi connectivity index (χ3n) is 3.16. The van der Waals surface area contributed by atoms with Gasteiger partial charge in [0.15, 0.2) is 0 Å². The van der Waals surface area contributed by atoms with E-state index in [1.165, 1.54) is 4.88 Å². The van der Waals surface area contributed by atoms with Crippen molar-refractivity contribution in [2.24, 2.45) is 5.92 Å². The second-order valence-corrected chi connectivity index (χ2v) is 5.32. The predicted octanol–water partition coefficient (Wildman–Crippen LogP) is 2.91. The van der Waals surface area contributed by atoms with Crippen molar-refractivity contribution in [1.29, 1.82) is 0 Å². The minimum absolute atomic E-state index is 0.236. The van der Waals surface area contributed by atoms with Crippen molar-refractivity contribution >= 4 is 11.3 Å². The molecule has 0 bridgehead atoms. The third kappa shape index (κ3) is 2.25. The Morgan fingerprint density at radius 1 is 1.67 bits per heavy atom. The van der Waals surface area contributed by atoms with Crippen LogP contribution in [0.4, 0.5) is 0 Å². The van der Waals surface area contributed by atoms with Crippen LogP contribution < -0.4 is 0 Å². The number of hydrogen-bond acceptors (Lipinski definition) is 3. The first-order valence-corrected chi connectivity index (χ1v) is 6.45. The maximum Gasteiger partial charge on any atom is 0.0851 e. The van der Waals surface area contributed by atoms with Crippen LogP contribution in [0.3, 0.4) is 0 Å². The number of ether oxygens (including phenoxy) is 1. The van der Waals surface area contributed by atoms with Gasteiger partial charge >= 0.3 is 0 Å². The lowest BCUT2D eigenvalue weighted by Crippen LogP contribution is -2.21. The topological polar surface area (TPSA) is 29.5 Å².